The molecule has 1 N–H and O–H groups in total. The maximum atomic E-state index is 12.4. The molecule has 0 bridgehead atoms. The molecular formula is C27H28N2O2. The number of nitrogens with one attached hydrogen (secondary N) is 1. The van der Waals surface area contributed by atoms with Gasteiger partial charge < -0.3 is 4.74 Å². The summed E-state index contributed by atoms with van der Waals surface area (Å²) < 4.78 is 6.09. The van der Waals surface area contributed by atoms with Crippen LogP contribution < -0.4 is 10.2 Å². The van der Waals surface area contributed by atoms with Crippen LogP contribution in [0.2, 0.25) is 0 Å². The summed E-state index contributed by atoms with van der Waals surface area (Å²) in [4.78, 5) is 12.4. The van der Waals surface area contributed by atoms with Crippen molar-refractivity contribution in [2.24, 2.45) is 11.0 Å². The first-order valence-corrected chi connectivity index (χ1v) is 10.9. The van der Waals surface area contributed by atoms with E-state index in [0.29, 0.717) is 18.1 Å². The maximum absolute atomic E-state index is 12.4. The smallest absolute Gasteiger partial charge is 0.271 e. The van der Waals surface area contributed by atoms with Crippen molar-refractivity contribution < 1.29 is 9.53 Å². The second kappa shape index (κ2) is 10.1. The number of hydrogen-bond donors (Lipinski definition) is 1. The van der Waals surface area contributed by atoms with Crippen molar-refractivity contribution >= 4 is 11.6 Å². The quantitative estimate of drug-likeness (QED) is 0.488. The van der Waals surface area contributed by atoms with Crippen LogP contribution in [0, 0.1) is 5.92 Å². The fourth-order valence-corrected chi connectivity index (χ4v) is 3.89. The number of para-hydroxylation sites is 1. The van der Waals surface area contributed by atoms with Crippen molar-refractivity contribution in [3.63, 3.8) is 0 Å². The number of hydrazone groups is 1. The van der Waals surface area contributed by atoms with Crippen LogP contribution in [0.25, 0.3) is 11.1 Å². The highest BCUT2D eigenvalue weighted by molar-refractivity contribution is 5.95. The SMILES string of the molecule is C[C@H]1CCCC/C1=N/NC(=O)c1ccc(COc2ccccc2-c2ccccc2)cc1. The molecule has 158 valence electrons. The Balaban J connectivity index is 1.37. The lowest BCUT2D eigenvalue weighted by Crippen LogP contribution is -2.24. The van der Waals surface area contributed by atoms with Crippen LogP contribution in [-0.4, -0.2) is 11.6 Å². The number of carbonyl (C=O) groups is 1. The van der Waals surface area contributed by atoms with Crippen molar-refractivity contribution in [1.82, 2.24) is 5.43 Å². The van der Waals surface area contributed by atoms with Gasteiger partial charge in [-0.3, -0.25) is 4.79 Å². The zero-order chi connectivity index (χ0) is 21.5. The summed E-state index contributed by atoms with van der Waals surface area (Å²) in [5.41, 5.74) is 7.61. The van der Waals surface area contributed by atoms with Crippen molar-refractivity contribution in [3.05, 3.63) is 90.0 Å². The number of benzene rings is 3. The molecule has 31 heavy (non-hydrogen) atoms. The highest BCUT2D eigenvalue weighted by atomic mass is 16.5. The predicted molar refractivity (Wildman–Crippen MR) is 125 cm³/mol. The van der Waals surface area contributed by atoms with Gasteiger partial charge in [0.1, 0.15) is 12.4 Å². The number of rotatable bonds is 6. The predicted octanol–water partition coefficient (Wildman–Crippen LogP) is 6.23. The molecule has 0 radical (unpaired) electrons. The summed E-state index contributed by atoms with van der Waals surface area (Å²) in [5.74, 6) is 1.12. The van der Waals surface area contributed by atoms with E-state index in [1.807, 2.05) is 60.7 Å². The van der Waals surface area contributed by atoms with Gasteiger partial charge in [-0.1, -0.05) is 74.0 Å². The van der Waals surface area contributed by atoms with Gasteiger partial charge in [0.25, 0.3) is 5.91 Å². The van der Waals surface area contributed by atoms with Gasteiger partial charge in [0.2, 0.25) is 0 Å². The number of carbonyl (C=O) groups excluding carboxylic acids is 1. The normalized spacial score (nSPS) is 17.3. The topological polar surface area (TPSA) is 50.7 Å². The van der Waals surface area contributed by atoms with Crippen molar-refractivity contribution in [3.8, 4) is 16.9 Å². The van der Waals surface area contributed by atoms with Crippen molar-refractivity contribution in [1.29, 1.82) is 0 Å². The lowest BCUT2D eigenvalue weighted by atomic mass is 9.89. The Morgan fingerprint density at radius 1 is 0.968 bits per heavy atom. The Kier molecular flexibility index (Phi) is 6.78. The fourth-order valence-electron chi connectivity index (χ4n) is 3.89. The lowest BCUT2D eigenvalue weighted by molar-refractivity contribution is 0.0954. The molecule has 0 aliphatic heterocycles. The Morgan fingerprint density at radius 2 is 1.71 bits per heavy atom. The monoisotopic (exact) mass is 412 g/mol. The average molecular weight is 413 g/mol. The number of nitrogens with zero attached hydrogens (tertiary/aromatic N) is 1. The molecule has 4 nitrogen and oxygen atoms in total. The van der Waals surface area contributed by atoms with E-state index in [4.69, 9.17) is 4.74 Å². The van der Waals surface area contributed by atoms with Gasteiger partial charge in [0.05, 0.1) is 0 Å². The second-order valence-corrected chi connectivity index (χ2v) is 8.04. The van der Waals surface area contributed by atoms with E-state index in [9.17, 15) is 4.79 Å². The fraction of sp³-hybridized carbons (Fsp3) is 0.259. The van der Waals surface area contributed by atoms with Crippen LogP contribution in [-0.2, 0) is 6.61 Å². The zero-order valence-corrected chi connectivity index (χ0v) is 17.9. The highest BCUT2D eigenvalue weighted by Crippen LogP contribution is 2.30. The first-order valence-electron chi connectivity index (χ1n) is 10.9. The molecule has 4 heteroatoms. The van der Waals surface area contributed by atoms with Gasteiger partial charge in [-0.05, 0) is 54.5 Å². The molecule has 0 heterocycles. The molecule has 1 aliphatic rings. The summed E-state index contributed by atoms with van der Waals surface area (Å²) in [5, 5.41) is 4.37. The van der Waals surface area contributed by atoms with Crippen molar-refractivity contribution in [2.45, 2.75) is 39.2 Å². The molecule has 0 unspecified atom stereocenters. The van der Waals surface area contributed by atoms with Crippen LogP contribution in [0.15, 0.2) is 84.0 Å². The molecule has 4 rings (SSSR count). The van der Waals surface area contributed by atoms with Gasteiger partial charge in [0.15, 0.2) is 0 Å². The molecule has 3 aromatic rings. The third-order valence-corrected chi connectivity index (χ3v) is 5.77. The second-order valence-electron chi connectivity index (χ2n) is 8.04. The molecule has 1 aliphatic carbocycles. The molecule has 0 spiro atoms. The molecule has 1 atom stereocenters. The minimum Gasteiger partial charge on any atom is -0.488 e. The maximum Gasteiger partial charge on any atom is 0.271 e. The lowest BCUT2D eigenvalue weighted by Gasteiger charge is -2.19. The molecule has 3 aromatic carbocycles. The molecule has 1 fully saturated rings. The minimum atomic E-state index is -0.174. The summed E-state index contributed by atoms with van der Waals surface area (Å²) in [6.45, 7) is 2.61. The van der Waals surface area contributed by atoms with Crippen LogP contribution in [0.5, 0.6) is 5.75 Å². The molecule has 1 saturated carbocycles. The Labute approximate surface area is 184 Å². The summed E-state index contributed by atoms with van der Waals surface area (Å²) in [6.07, 6.45) is 4.52. The summed E-state index contributed by atoms with van der Waals surface area (Å²) in [7, 11) is 0. The minimum absolute atomic E-state index is 0.174. The zero-order valence-electron chi connectivity index (χ0n) is 17.9. The Bertz CT molecular complexity index is 1040. The molecular weight excluding hydrogens is 384 g/mol. The third kappa shape index (κ3) is 5.40. The van der Waals surface area contributed by atoms with E-state index in [1.165, 1.54) is 6.42 Å². The summed E-state index contributed by atoms with van der Waals surface area (Å²) in [6, 6.07) is 25.7. The number of hydrogen-bond acceptors (Lipinski definition) is 3. The van der Waals surface area contributed by atoms with Gasteiger partial charge >= 0.3 is 0 Å². The van der Waals surface area contributed by atoms with Gasteiger partial charge in [0, 0.05) is 16.8 Å². The standard InChI is InChI=1S/C27H28N2O2/c1-20-9-5-7-13-25(20)28-29-27(30)23-17-15-21(16-18-23)19-31-26-14-8-6-12-24(26)22-10-3-2-4-11-22/h2-4,6,8,10-12,14-18,20H,5,7,9,13,19H2,1H3,(H,29,30)/b28-25-/t20-/m0/s1. The van der Waals surface area contributed by atoms with Crippen LogP contribution >= 0.6 is 0 Å². The van der Waals surface area contributed by atoms with Crippen LogP contribution in [0.4, 0.5) is 0 Å². The Morgan fingerprint density at radius 3 is 2.48 bits per heavy atom. The molecule has 0 aromatic heterocycles. The van der Waals surface area contributed by atoms with Gasteiger partial charge in [-0.2, -0.15) is 5.10 Å². The average Bonchev–Trinajstić information content (AvgIpc) is 2.83. The van der Waals surface area contributed by atoms with E-state index in [0.717, 1.165) is 47.4 Å². The Hall–Kier alpha value is -3.40. The van der Waals surface area contributed by atoms with E-state index >= 15 is 0 Å². The molecule has 0 saturated heterocycles. The van der Waals surface area contributed by atoms with Crippen molar-refractivity contribution in [2.75, 3.05) is 0 Å². The van der Waals surface area contributed by atoms with E-state index < -0.39 is 0 Å². The van der Waals surface area contributed by atoms with Crippen LogP contribution in [0.1, 0.15) is 48.5 Å². The third-order valence-electron chi connectivity index (χ3n) is 5.77. The number of amides is 1. The van der Waals surface area contributed by atoms with E-state index in [1.54, 1.807) is 0 Å². The van der Waals surface area contributed by atoms with E-state index in [2.05, 4.69) is 35.7 Å². The van der Waals surface area contributed by atoms with Crippen LogP contribution in [0.3, 0.4) is 0 Å². The number of ether oxygens (including phenoxy) is 1. The summed E-state index contributed by atoms with van der Waals surface area (Å²) >= 11 is 0. The first-order chi connectivity index (χ1) is 15.2. The van der Waals surface area contributed by atoms with E-state index in [-0.39, 0.29) is 5.91 Å². The highest BCUT2D eigenvalue weighted by Gasteiger charge is 2.16. The van der Waals surface area contributed by atoms with Gasteiger partial charge in [-0.25, -0.2) is 5.43 Å². The van der Waals surface area contributed by atoms with Gasteiger partial charge in [-0.15, -0.1) is 0 Å². The first kappa shape index (κ1) is 20.9. The molecule has 1 amide bonds. The largest absolute Gasteiger partial charge is 0.488 e.